The fraction of sp³-hybridized carbons (Fsp3) is 0.455. The van der Waals surface area contributed by atoms with Crippen LogP contribution < -0.4 is 0 Å². The molecule has 3 heteroatoms. The van der Waals surface area contributed by atoms with Crippen molar-refractivity contribution in [2.45, 2.75) is 13.5 Å². The average molecular weight is 211 g/mol. The molecular weight excluding hydrogens is 194 g/mol. The van der Waals surface area contributed by atoms with Crippen LogP contribution in [0.5, 0.6) is 0 Å². The van der Waals surface area contributed by atoms with E-state index in [1.54, 1.807) is 0 Å². The van der Waals surface area contributed by atoms with E-state index in [1.165, 1.54) is 0 Å². The third-order valence-corrected chi connectivity index (χ3v) is 2.12. The zero-order valence-corrected chi connectivity index (χ0v) is 9.63. The Hall–Kier alpha value is -0.670. The molecule has 0 saturated heterocycles. The predicted molar refractivity (Wildman–Crippen MR) is 62.8 cm³/mol. The van der Waals surface area contributed by atoms with Gasteiger partial charge in [0.1, 0.15) is 11.5 Å². The molecular formula is C11H17NOS. The van der Waals surface area contributed by atoms with E-state index in [-0.39, 0.29) is 0 Å². The van der Waals surface area contributed by atoms with Crippen LogP contribution in [-0.2, 0) is 6.54 Å². The highest BCUT2D eigenvalue weighted by atomic mass is 32.1. The zero-order chi connectivity index (χ0) is 10.4. The Morgan fingerprint density at radius 3 is 2.79 bits per heavy atom. The summed E-state index contributed by atoms with van der Waals surface area (Å²) in [4.78, 5) is 2.19. The lowest BCUT2D eigenvalue weighted by Crippen LogP contribution is -2.17. The van der Waals surface area contributed by atoms with Crippen LogP contribution in [0.2, 0.25) is 0 Å². The maximum atomic E-state index is 5.48. The topological polar surface area (TPSA) is 16.4 Å². The molecule has 0 aromatic carbocycles. The molecule has 0 aliphatic rings. The summed E-state index contributed by atoms with van der Waals surface area (Å²) >= 11 is 4.10. The molecule has 0 bridgehead atoms. The van der Waals surface area contributed by atoms with E-state index in [2.05, 4.69) is 30.7 Å². The quantitative estimate of drug-likeness (QED) is 0.595. The SMILES string of the molecule is Cc1ccc(CN(C)CC=CCS)o1. The third-order valence-electron chi connectivity index (χ3n) is 1.91. The fourth-order valence-corrected chi connectivity index (χ4v) is 1.38. The number of furan rings is 1. The monoisotopic (exact) mass is 211 g/mol. The van der Waals surface area contributed by atoms with Crippen molar-refractivity contribution in [3.05, 3.63) is 35.8 Å². The molecule has 0 aliphatic heterocycles. The Labute approximate surface area is 91.0 Å². The Balaban J connectivity index is 2.33. The highest BCUT2D eigenvalue weighted by Gasteiger charge is 2.01. The molecule has 0 aliphatic carbocycles. The second-order valence-electron chi connectivity index (χ2n) is 3.36. The number of hydrogen-bond donors (Lipinski definition) is 1. The summed E-state index contributed by atoms with van der Waals surface area (Å²) in [6, 6.07) is 4.01. The third kappa shape index (κ3) is 4.03. The molecule has 0 radical (unpaired) electrons. The first-order chi connectivity index (χ1) is 6.72. The summed E-state index contributed by atoms with van der Waals surface area (Å²) in [6.45, 7) is 3.75. The van der Waals surface area contributed by atoms with E-state index in [4.69, 9.17) is 4.42 Å². The van der Waals surface area contributed by atoms with Crippen molar-refractivity contribution in [1.29, 1.82) is 0 Å². The van der Waals surface area contributed by atoms with E-state index >= 15 is 0 Å². The van der Waals surface area contributed by atoms with E-state index < -0.39 is 0 Å². The van der Waals surface area contributed by atoms with Crippen LogP contribution in [0.4, 0.5) is 0 Å². The van der Waals surface area contributed by atoms with Gasteiger partial charge in [-0.15, -0.1) is 0 Å². The molecule has 14 heavy (non-hydrogen) atoms. The molecule has 0 unspecified atom stereocenters. The van der Waals surface area contributed by atoms with Crippen LogP contribution >= 0.6 is 12.6 Å². The van der Waals surface area contributed by atoms with Gasteiger partial charge in [0, 0.05) is 12.3 Å². The minimum atomic E-state index is 0.799. The Kier molecular flexibility index (Phi) is 4.84. The van der Waals surface area contributed by atoms with Gasteiger partial charge in [-0.05, 0) is 26.1 Å². The maximum absolute atomic E-state index is 5.48. The molecule has 78 valence electrons. The summed E-state index contributed by atoms with van der Waals surface area (Å²) in [6.07, 6.45) is 4.16. The first-order valence-corrected chi connectivity index (χ1v) is 5.35. The number of likely N-dealkylation sites (N-methyl/N-ethyl adjacent to an activating group) is 1. The van der Waals surface area contributed by atoms with Gasteiger partial charge in [-0.25, -0.2) is 0 Å². The van der Waals surface area contributed by atoms with Crippen molar-refractivity contribution in [3.63, 3.8) is 0 Å². The predicted octanol–water partition coefficient (Wildman–Crippen LogP) is 2.51. The Morgan fingerprint density at radius 2 is 2.21 bits per heavy atom. The van der Waals surface area contributed by atoms with Gasteiger partial charge in [-0.2, -0.15) is 12.6 Å². The second kappa shape index (κ2) is 5.94. The zero-order valence-electron chi connectivity index (χ0n) is 8.73. The van der Waals surface area contributed by atoms with Gasteiger partial charge in [0.2, 0.25) is 0 Å². The summed E-state index contributed by atoms with van der Waals surface area (Å²) in [5.41, 5.74) is 0. The van der Waals surface area contributed by atoms with Gasteiger partial charge in [-0.1, -0.05) is 12.2 Å². The Bertz CT molecular complexity index is 293. The molecule has 0 fully saturated rings. The van der Waals surface area contributed by atoms with Gasteiger partial charge in [0.05, 0.1) is 6.54 Å². The van der Waals surface area contributed by atoms with Gasteiger partial charge >= 0.3 is 0 Å². The molecule has 1 heterocycles. The van der Waals surface area contributed by atoms with Crippen LogP contribution in [0.3, 0.4) is 0 Å². The first kappa shape index (κ1) is 11.4. The van der Waals surface area contributed by atoms with Crippen molar-refractivity contribution >= 4 is 12.6 Å². The lowest BCUT2D eigenvalue weighted by molar-refractivity contribution is 0.318. The lowest BCUT2D eigenvalue weighted by atomic mass is 10.4. The number of hydrogen-bond acceptors (Lipinski definition) is 3. The first-order valence-electron chi connectivity index (χ1n) is 4.72. The van der Waals surface area contributed by atoms with Crippen LogP contribution in [-0.4, -0.2) is 24.2 Å². The van der Waals surface area contributed by atoms with E-state index in [1.807, 2.05) is 25.1 Å². The number of rotatable bonds is 5. The molecule has 0 saturated carbocycles. The molecule has 1 aromatic heterocycles. The normalized spacial score (nSPS) is 11.7. The van der Waals surface area contributed by atoms with Crippen molar-refractivity contribution < 1.29 is 4.42 Å². The molecule has 0 atom stereocenters. The largest absolute Gasteiger partial charge is 0.465 e. The van der Waals surface area contributed by atoms with Gasteiger partial charge in [-0.3, -0.25) is 4.90 Å². The summed E-state index contributed by atoms with van der Waals surface area (Å²) in [7, 11) is 2.07. The molecule has 0 spiro atoms. The summed E-state index contributed by atoms with van der Waals surface area (Å²) in [5, 5.41) is 0. The number of nitrogens with zero attached hydrogens (tertiary/aromatic N) is 1. The van der Waals surface area contributed by atoms with E-state index in [9.17, 15) is 0 Å². The molecule has 2 nitrogen and oxygen atoms in total. The van der Waals surface area contributed by atoms with E-state index in [0.717, 1.165) is 30.4 Å². The van der Waals surface area contributed by atoms with Crippen LogP contribution in [0.15, 0.2) is 28.7 Å². The summed E-state index contributed by atoms with van der Waals surface area (Å²) < 4.78 is 5.48. The standard InChI is InChI=1S/C11H17NOS/c1-10-5-6-11(13-10)9-12(2)7-3-4-8-14/h3-6,14H,7-9H2,1-2H3. The van der Waals surface area contributed by atoms with Crippen LogP contribution in [0.25, 0.3) is 0 Å². The van der Waals surface area contributed by atoms with Gasteiger partial charge < -0.3 is 4.42 Å². The van der Waals surface area contributed by atoms with Crippen LogP contribution in [0.1, 0.15) is 11.5 Å². The maximum Gasteiger partial charge on any atom is 0.118 e. The fourth-order valence-electron chi connectivity index (χ4n) is 1.23. The van der Waals surface area contributed by atoms with Crippen molar-refractivity contribution in [2.75, 3.05) is 19.3 Å². The number of aryl methyl sites for hydroxylation is 1. The van der Waals surface area contributed by atoms with Gasteiger partial charge in [0.25, 0.3) is 0 Å². The smallest absolute Gasteiger partial charge is 0.118 e. The van der Waals surface area contributed by atoms with Crippen molar-refractivity contribution in [3.8, 4) is 0 Å². The molecule has 1 rings (SSSR count). The molecule has 0 N–H and O–H groups in total. The molecule has 1 aromatic rings. The molecule has 0 amide bonds. The second-order valence-corrected chi connectivity index (χ2v) is 3.73. The summed E-state index contributed by atoms with van der Waals surface area (Å²) in [5.74, 6) is 2.79. The minimum absolute atomic E-state index is 0.799. The number of thiol groups is 1. The van der Waals surface area contributed by atoms with Gasteiger partial charge in [0.15, 0.2) is 0 Å². The van der Waals surface area contributed by atoms with Crippen LogP contribution in [0, 0.1) is 6.92 Å². The lowest BCUT2D eigenvalue weighted by Gasteiger charge is -2.11. The highest BCUT2D eigenvalue weighted by molar-refractivity contribution is 7.80. The Morgan fingerprint density at radius 1 is 1.43 bits per heavy atom. The van der Waals surface area contributed by atoms with Crippen molar-refractivity contribution in [1.82, 2.24) is 4.90 Å². The van der Waals surface area contributed by atoms with E-state index in [0.29, 0.717) is 0 Å². The minimum Gasteiger partial charge on any atom is -0.465 e. The highest BCUT2D eigenvalue weighted by Crippen LogP contribution is 2.08. The van der Waals surface area contributed by atoms with Crippen molar-refractivity contribution in [2.24, 2.45) is 0 Å². The average Bonchev–Trinajstić information content (AvgIpc) is 2.52.